The lowest BCUT2D eigenvalue weighted by Gasteiger charge is -2.04. The van der Waals surface area contributed by atoms with Crippen molar-refractivity contribution in [3.05, 3.63) is 86.1 Å². The molecular formula is C20H11N5O4S2. The van der Waals surface area contributed by atoms with Gasteiger partial charge in [0.25, 0.3) is 17.2 Å². The van der Waals surface area contributed by atoms with Crippen LogP contribution in [-0.2, 0) is 0 Å². The minimum absolute atomic E-state index is 0.0622. The number of nitrogens with zero attached hydrogens (tertiary/aromatic N) is 4. The smallest absolute Gasteiger partial charge is 0.271 e. The number of hydrogen-bond acceptors (Lipinski definition) is 8. The predicted octanol–water partition coefficient (Wildman–Crippen LogP) is 4.19. The third-order valence-electron chi connectivity index (χ3n) is 4.56. The summed E-state index contributed by atoms with van der Waals surface area (Å²) in [7, 11) is 0. The molecule has 0 saturated carbocycles. The van der Waals surface area contributed by atoms with E-state index in [0.29, 0.717) is 20.9 Å². The van der Waals surface area contributed by atoms with Crippen molar-refractivity contribution in [2.75, 3.05) is 5.32 Å². The molecule has 11 heteroatoms. The van der Waals surface area contributed by atoms with Gasteiger partial charge < -0.3 is 0 Å². The fourth-order valence-electron chi connectivity index (χ4n) is 3.10. The van der Waals surface area contributed by atoms with Gasteiger partial charge in [0, 0.05) is 23.7 Å². The van der Waals surface area contributed by atoms with Crippen molar-refractivity contribution < 1.29 is 9.72 Å². The molecule has 152 valence electrons. The summed E-state index contributed by atoms with van der Waals surface area (Å²) in [6.45, 7) is 0. The van der Waals surface area contributed by atoms with Crippen molar-refractivity contribution in [1.82, 2.24) is 14.4 Å². The van der Waals surface area contributed by atoms with Gasteiger partial charge in [-0.1, -0.05) is 41.7 Å². The summed E-state index contributed by atoms with van der Waals surface area (Å²) in [6, 6.07) is 13.6. The third kappa shape index (κ3) is 3.35. The number of benzene rings is 2. The van der Waals surface area contributed by atoms with Crippen LogP contribution in [0.25, 0.3) is 26.4 Å². The zero-order chi connectivity index (χ0) is 21.5. The van der Waals surface area contributed by atoms with Crippen LogP contribution < -0.4 is 10.9 Å². The molecule has 0 fully saturated rings. The van der Waals surface area contributed by atoms with E-state index < -0.39 is 16.4 Å². The first kappa shape index (κ1) is 19.0. The minimum Gasteiger partial charge on any atom is -0.298 e. The van der Waals surface area contributed by atoms with Gasteiger partial charge in [0.15, 0.2) is 10.1 Å². The van der Waals surface area contributed by atoms with Crippen molar-refractivity contribution in [1.29, 1.82) is 0 Å². The van der Waals surface area contributed by atoms with E-state index in [4.69, 9.17) is 0 Å². The Labute approximate surface area is 181 Å². The Kier molecular flexibility index (Phi) is 4.53. The summed E-state index contributed by atoms with van der Waals surface area (Å²) in [5.41, 5.74) is 1.33. The van der Waals surface area contributed by atoms with Gasteiger partial charge in [-0.25, -0.2) is 9.97 Å². The average molecular weight is 449 g/mol. The monoisotopic (exact) mass is 449 g/mol. The molecule has 1 amide bonds. The highest BCUT2D eigenvalue weighted by Crippen LogP contribution is 2.29. The second-order valence-electron chi connectivity index (χ2n) is 6.46. The number of nitro groups is 1. The van der Waals surface area contributed by atoms with Crippen molar-refractivity contribution in [2.45, 2.75) is 0 Å². The van der Waals surface area contributed by atoms with Crippen LogP contribution in [0.3, 0.4) is 0 Å². The first-order chi connectivity index (χ1) is 15.0. The second kappa shape index (κ2) is 7.38. The lowest BCUT2D eigenvalue weighted by molar-refractivity contribution is -0.384. The summed E-state index contributed by atoms with van der Waals surface area (Å²) in [5, 5.41) is 15.6. The third-order valence-corrected chi connectivity index (χ3v) is 6.34. The second-order valence-corrected chi connectivity index (χ2v) is 8.33. The largest absolute Gasteiger partial charge is 0.298 e. The van der Waals surface area contributed by atoms with Crippen LogP contribution in [0.5, 0.6) is 0 Å². The van der Waals surface area contributed by atoms with Crippen LogP contribution in [0.1, 0.15) is 10.4 Å². The van der Waals surface area contributed by atoms with Crippen molar-refractivity contribution in [3.8, 4) is 11.3 Å². The van der Waals surface area contributed by atoms with Crippen molar-refractivity contribution in [2.24, 2.45) is 0 Å². The Balaban J connectivity index is 1.51. The molecule has 0 atom stereocenters. The van der Waals surface area contributed by atoms with Gasteiger partial charge in [0.2, 0.25) is 0 Å². The molecule has 0 aliphatic carbocycles. The van der Waals surface area contributed by atoms with Crippen LogP contribution in [0.4, 0.5) is 10.8 Å². The SMILES string of the molecule is O=C(Nc1nc2ccc([N+](=O)[O-])cc2s1)c1cnc2scc(-c3ccccc3)n2c1=O. The normalized spacial score (nSPS) is 11.1. The van der Waals surface area contributed by atoms with E-state index in [9.17, 15) is 19.7 Å². The number of nitrogens with one attached hydrogen (secondary N) is 1. The topological polar surface area (TPSA) is 120 Å². The molecule has 0 saturated heterocycles. The Morgan fingerprint density at radius 1 is 1.16 bits per heavy atom. The fraction of sp³-hybridized carbons (Fsp3) is 0. The predicted molar refractivity (Wildman–Crippen MR) is 119 cm³/mol. The molecule has 9 nitrogen and oxygen atoms in total. The van der Waals surface area contributed by atoms with E-state index in [1.54, 1.807) is 0 Å². The number of carbonyl (C=O) groups excluding carboxylic acids is 1. The van der Waals surface area contributed by atoms with Gasteiger partial charge in [-0.05, 0) is 11.6 Å². The summed E-state index contributed by atoms with van der Waals surface area (Å²) in [5.74, 6) is -0.648. The Morgan fingerprint density at radius 2 is 1.97 bits per heavy atom. The van der Waals surface area contributed by atoms with Crippen LogP contribution in [0.15, 0.2) is 64.9 Å². The first-order valence-electron chi connectivity index (χ1n) is 8.92. The molecule has 0 aliphatic rings. The molecule has 0 bridgehead atoms. The van der Waals surface area contributed by atoms with Gasteiger partial charge in [0.1, 0.15) is 5.56 Å². The zero-order valence-corrected chi connectivity index (χ0v) is 17.1. The number of nitro benzene ring substituents is 1. The molecule has 2 aromatic carbocycles. The van der Waals surface area contributed by atoms with E-state index in [1.165, 1.54) is 40.1 Å². The number of fused-ring (bicyclic) bond motifs is 2. The fourth-order valence-corrected chi connectivity index (χ4v) is 4.86. The molecule has 0 aliphatic heterocycles. The van der Waals surface area contributed by atoms with E-state index >= 15 is 0 Å². The van der Waals surface area contributed by atoms with Crippen molar-refractivity contribution >= 4 is 54.6 Å². The molecule has 3 aromatic heterocycles. The molecule has 0 radical (unpaired) electrons. The number of carbonyl (C=O) groups is 1. The number of non-ortho nitro benzene ring substituents is 1. The average Bonchev–Trinajstić information content (AvgIpc) is 3.38. The maximum Gasteiger partial charge on any atom is 0.271 e. The highest BCUT2D eigenvalue weighted by molar-refractivity contribution is 7.22. The van der Waals surface area contributed by atoms with E-state index in [2.05, 4.69) is 15.3 Å². The summed E-state index contributed by atoms with van der Waals surface area (Å²) in [4.78, 5) is 45.3. The van der Waals surface area contributed by atoms with Gasteiger partial charge in [-0.15, -0.1) is 11.3 Å². The van der Waals surface area contributed by atoms with Crippen LogP contribution in [0, 0.1) is 10.1 Å². The van der Waals surface area contributed by atoms with E-state index in [0.717, 1.165) is 16.9 Å². The number of amides is 1. The summed E-state index contributed by atoms with van der Waals surface area (Å²) < 4.78 is 1.97. The van der Waals surface area contributed by atoms with Gasteiger partial charge >= 0.3 is 0 Å². The van der Waals surface area contributed by atoms with Crippen LogP contribution >= 0.6 is 22.7 Å². The van der Waals surface area contributed by atoms with Crippen molar-refractivity contribution in [3.63, 3.8) is 0 Å². The van der Waals surface area contributed by atoms with Gasteiger partial charge in [0.05, 0.1) is 20.8 Å². The number of rotatable bonds is 4. The number of hydrogen-bond donors (Lipinski definition) is 1. The maximum absolute atomic E-state index is 13.1. The highest BCUT2D eigenvalue weighted by Gasteiger charge is 2.19. The molecular weight excluding hydrogens is 438 g/mol. The Morgan fingerprint density at radius 3 is 2.74 bits per heavy atom. The van der Waals surface area contributed by atoms with Crippen LogP contribution in [0.2, 0.25) is 0 Å². The lowest BCUT2D eigenvalue weighted by Crippen LogP contribution is -2.26. The minimum atomic E-state index is -0.648. The van der Waals surface area contributed by atoms with E-state index in [-0.39, 0.29) is 16.4 Å². The quantitative estimate of drug-likeness (QED) is 0.324. The highest BCUT2D eigenvalue weighted by atomic mass is 32.1. The molecule has 31 heavy (non-hydrogen) atoms. The lowest BCUT2D eigenvalue weighted by atomic mass is 10.2. The van der Waals surface area contributed by atoms with E-state index in [1.807, 2.05) is 35.7 Å². The molecule has 0 spiro atoms. The molecule has 0 unspecified atom stereocenters. The number of thiazole rings is 2. The van der Waals surface area contributed by atoms with Gasteiger partial charge in [-0.2, -0.15) is 0 Å². The Bertz CT molecular complexity index is 1540. The zero-order valence-electron chi connectivity index (χ0n) is 15.5. The number of aromatic nitrogens is 3. The molecule has 3 heterocycles. The molecule has 5 rings (SSSR count). The van der Waals surface area contributed by atoms with Crippen LogP contribution in [-0.4, -0.2) is 25.2 Å². The Hall–Kier alpha value is -3.96. The molecule has 1 N–H and O–H groups in total. The summed E-state index contributed by atoms with van der Waals surface area (Å²) in [6.07, 6.45) is 1.25. The number of anilines is 1. The summed E-state index contributed by atoms with van der Waals surface area (Å²) >= 11 is 2.40. The molecule has 5 aromatic rings. The maximum atomic E-state index is 13.1. The first-order valence-corrected chi connectivity index (χ1v) is 10.6. The standard InChI is InChI=1S/C20H11N5O4S2/c26-17(23-19-22-14-7-6-12(25(28)29)8-16(14)31-19)13-9-21-20-24(18(13)27)15(10-30-20)11-4-2-1-3-5-11/h1-10H,(H,22,23,26). The van der Waals surface area contributed by atoms with Gasteiger partial charge in [-0.3, -0.25) is 29.4 Å².